The van der Waals surface area contributed by atoms with Crippen LogP contribution < -0.4 is 11.1 Å². The molecule has 82 valence electrons. The van der Waals surface area contributed by atoms with E-state index in [1.165, 1.54) is 18.5 Å². The number of rotatable bonds is 4. The van der Waals surface area contributed by atoms with E-state index in [1.807, 2.05) is 13.0 Å². The number of benzene rings is 1. The van der Waals surface area contributed by atoms with E-state index in [1.54, 1.807) is 0 Å². The predicted octanol–water partition coefficient (Wildman–Crippen LogP) is 3.04. The molecule has 0 spiro atoms. The van der Waals surface area contributed by atoms with Crippen molar-refractivity contribution in [1.29, 1.82) is 0 Å². The fourth-order valence-electron chi connectivity index (χ4n) is 1.90. The molecule has 2 heteroatoms. The van der Waals surface area contributed by atoms with Gasteiger partial charge in [-0.2, -0.15) is 0 Å². The molecular formula is C13H20N2. The Bertz CT molecular complexity index is 342. The Labute approximate surface area is 91.9 Å². The molecule has 1 aromatic carbocycles. The van der Waals surface area contributed by atoms with E-state index in [4.69, 9.17) is 5.73 Å². The number of nitrogens with two attached hydrogens (primary N) is 1. The first kappa shape index (κ1) is 10.3. The van der Waals surface area contributed by atoms with Crippen molar-refractivity contribution in [3.63, 3.8) is 0 Å². The summed E-state index contributed by atoms with van der Waals surface area (Å²) in [5.41, 5.74) is 8.99. The van der Waals surface area contributed by atoms with Gasteiger partial charge in [-0.3, -0.25) is 0 Å². The van der Waals surface area contributed by atoms with Gasteiger partial charge in [-0.25, -0.2) is 0 Å². The van der Waals surface area contributed by atoms with Gasteiger partial charge >= 0.3 is 0 Å². The molecule has 1 unspecified atom stereocenters. The van der Waals surface area contributed by atoms with Crippen LogP contribution in [-0.2, 0) is 0 Å². The maximum atomic E-state index is 5.78. The van der Waals surface area contributed by atoms with Gasteiger partial charge in [0.2, 0.25) is 0 Å². The molecule has 0 heterocycles. The Morgan fingerprint density at radius 1 is 1.47 bits per heavy atom. The van der Waals surface area contributed by atoms with Crippen molar-refractivity contribution in [3.05, 3.63) is 23.8 Å². The second-order valence-corrected chi connectivity index (χ2v) is 4.77. The first-order valence-corrected chi connectivity index (χ1v) is 5.77. The van der Waals surface area contributed by atoms with Gasteiger partial charge in [0.05, 0.1) is 0 Å². The van der Waals surface area contributed by atoms with Crippen LogP contribution in [0.2, 0.25) is 0 Å². The monoisotopic (exact) mass is 204 g/mol. The predicted molar refractivity (Wildman–Crippen MR) is 66.0 cm³/mol. The van der Waals surface area contributed by atoms with E-state index >= 15 is 0 Å². The van der Waals surface area contributed by atoms with E-state index < -0.39 is 0 Å². The lowest BCUT2D eigenvalue weighted by Gasteiger charge is -2.13. The van der Waals surface area contributed by atoms with Crippen LogP contribution >= 0.6 is 0 Å². The van der Waals surface area contributed by atoms with Crippen LogP contribution in [0.15, 0.2) is 18.2 Å². The SMILES string of the molecule is Cc1cc(NCC(C)C2CC2)ccc1N. The third kappa shape index (κ3) is 2.65. The molecular weight excluding hydrogens is 184 g/mol. The summed E-state index contributed by atoms with van der Waals surface area (Å²) in [7, 11) is 0. The standard InChI is InChI=1S/C13H20N2/c1-9-7-12(5-6-13(9)14)15-8-10(2)11-3-4-11/h5-7,10-11,15H,3-4,8,14H2,1-2H3. The van der Waals surface area contributed by atoms with Crippen LogP contribution in [0.3, 0.4) is 0 Å². The molecule has 0 radical (unpaired) electrons. The summed E-state index contributed by atoms with van der Waals surface area (Å²) in [6.45, 7) is 5.45. The lowest BCUT2D eigenvalue weighted by atomic mass is 10.1. The van der Waals surface area contributed by atoms with E-state index in [0.29, 0.717) is 0 Å². The quantitative estimate of drug-likeness (QED) is 0.740. The molecule has 3 N–H and O–H groups in total. The van der Waals surface area contributed by atoms with Crippen LogP contribution in [0.5, 0.6) is 0 Å². The Balaban J connectivity index is 1.89. The zero-order valence-corrected chi connectivity index (χ0v) is 9.59. The summed E-state index contributed by atoms with van der Waals surface area (Å²) in [4.78, 5) is 0. The Hall–Kier alpha value is -1.18. The third-order valence-electron chi connectivity index (χ3n) is 3.32. The van der Waals surface area contributed by atoms with Crippen molar-refractivity contribution in [2.45, 2.75) is 26.7 Å². The van der Waals surface area contributed by atoms with Crippen molar-refractivity contribution in [1.82, 2.24) is 0 Å². The summed E-state index contributed by atoms with van der Waals surface area (Å²) in [6.07, 6.45) is 2.84. The molecule has 0 saturated heterocycles. The average Bonchev–Trinajstić information content (AvgIpc) is 3.03. The number of hydrogen-bond donors (Lipinski definition) is 2. The first-order chi connectivity index (χ1) is 7.16. The maximum Gasteiger partial charge on any atom is 0.0345 e. The fourth-order valence-corrected chi connectivity index (χ4v) is 1.90. The highest BCUT2D eigenvalue weighted by molar-refractivity contribution is 5.56. The molecule has 2 nitrogen and oxygen atoms in total. The van der Waals surface area contributed by atoms with E-state index in [-0.39, 0.29) is 0 Å². The van der Waals surface area contributed by atoms with Crippen molar-refractivity contribution < 1.29 is 0 Å². The molecule has 1 aliphatic carbocycles. The second-order valence-electron chi connectivity index (χ2n) is 4.77. The van der Waals surface area contributed by atoms with Crippen molar-refractivity contribution in [2.24, 2.45) is 11.8 Å². The summed E-state index contributed by atoms with van der Waals surface area (Å²) in [5.74, 6) is 1.76. The fraction of sp³-hybridized carbons (Fsp3) is 0.538. The molecule has 15 heavy (non-hydrogen) atoms. The smallest absolute Gasteiger partial charge is 0.0345 e. The molecule has 1 atom stereocenters. The van der Waals surface area contributed by atoms with Crippen LogP contribution in [-0.4, -0.2) is 6.54 Å². The molecule has 1 saturated carbocycles. The summed E-state index contributed by atoms with van der Waals surface area (Å²) < 4.78 is 0. The largest absolute Gasteiger partial charge is 0.399 e. The zero-order chi connectivity index (χ0) is 10.8. The van der Waals surface area contributed by atoms with Gasteiger partial charge in [-0.15, -0.1) is 0 Å². The molecule has 2 rings (SSSR count). The van der Waals surface area contributed by atoms with Crippen LogP contribution in [0.25, 0.3) is 0 Å². The van der Waals surface area contributed by atoms with E-state index in [9.17, 15) is 0 Å². The first-order valence-electron chi connectivity index (χ1n) is 5.77. The summed E-state index contributed by atoms with van der Waals surface area (Å²) >= 11 is 0. The molecule has 0 aliphatic heterocycles. The van der Waals surface area contributed by atoms with Crippen LogP contribution in [0.1, 0.15) is 25.3 Å². The third-order valence-corrected chi connectivity index (χ3v) is 3.32. The zero-order valence-electron chi connectivity index (χ0n) is 9.59. The Kier molecular flexibility index (Phi) is 2.85. The van der Waals surface area contributed by atoms with E-state index in [0.717, 1.165) is 29.6 Å². The highest BCUT2D eigenvalue weighted by Gasteiger charge is 2.27. The lowest BCUT2D eigenvalue weighted by Crippen LogP contribution is -2.12. The van der Waals surface area contributed by atoms with Gasteiger partial charge < -0.3 is 11.1 Å². The molecule has 1 aromatic rings. The normalized spacial score (nSPS) is 17.5. The van der Waals surface area contributed by atoms with Crippen molar-refractivity contribution in [3.8, 4) is 0 Å². The van der Waals surface area contributed by atoms with Gasteiger partial charge in [0, 0.05) is 17.9 Å². The highest BCUT2D eigenvalue weighted by Crippen LogP contribution is 2.36. The van der Waals surface area contributed by atoms with Gasteiger partial charge in [0.15, 0.2) is 0 Å². The van der Waals surface area contributed by atoms with Crippen LogP contribution in [0.4, 0.5) is 11.4 Å². The molecule has 0 amide bonds. The van der Waals surface area contributed by atoms with E-state index in [2.05, 4.69) is 24.4 Å². The minimum absolute atomic E-state index is 0.794. The molecule has 0 aromatic heterocycles. The summed E-state index contributed by atoms with van der Waals surface area (Å²) in [5, 5.41) is 3.48. The summed E-state index contributed by atoms with van der Waals surface area (Å²) in [6, 6.07) is 6.15. The number of aryl methyl sites for hydroxylation is 1. The number of nitrogen functional groups attached to an aromatic ring is 1. The molecule has 1 fully saturated rings. The number of hydrogen-bond acceptors (Lipinski definition) is 2. The van der Waals surface area contributed by atoms with Gasteiger partial charge in [0.25, 0.3) is 0 Å². The topological polar surface area (TPSA) is 38.0 Å². The minimum Gasteiger partial charge on any atom is -0.399 e. The van der Waals surface area contributed by atoms with Gasteiger partial charge in [0.1, 0.15) is 0 Å². The minimum atomic E-state index is 0.794. The van der Waals surface area contributed by atoms with Crippen molar-refractivity contribution in [2.75, 3.05) is 17.6 Å². The van der Waals surface area contributed by atoms with Gasteiger partial charge in [-0.1, -0.05) is 6.92 Å². The van der Waals surface area contributed by atoms with Crippen molar-refractivity contribution >= 4 is 11.4 Å². The highest BCUT2D eigenvalue weighted by atomic mass is 14.9. The molecule has 0 bridgehead atoms. The van der Waals surface area contributed by atoms with Gasteiger partial charge in [-0.05, 0) is 55.4 Å². The Morgan fingerprint density at radius 3 is 2.80 bits per heavy atom. The second kappa shape index (κ2) is 4.13. The number of nitrogens with one attached hydrogen (secondary N) is 1. The van der Waals surface area contributed by atoms with Crippen LogP contribution in [0, 0.1) is 18.8 Å². The Morgan fingerprint density at radius 2 is 2.20 bits per heavy atom. The molecule has 1 aliphatic rings. The average molecular weight is 204 g/mol. The number of anilines is 2. The lowest BCUT2D eigenvalue weighted by molar-refractivity contribution is 0.536. The maximum absolute atomic E-state index is 5.78.